The third-order valence-electron chi connectivity index (χ3n) is 29.5. The normalized spacial score (nSPS) is 11.7. The van der Waals surface area contributed by atoms with Gasteiger partial charge in [0.05, 0.1) is 41.9 Å². The van der Waals surface area contributed by atoms with Crippen molar-refractivity contribution < 1.29 is 53.9 Å². The fourth-order valence-electron chi connectivity index (χ4n) is 21.9. The number of fused-ring (bicyclic) bond motifs is 30. The van der Waals surface area contributed by atoms with E-state index in [0.717, 1.165) is 216 Å². The Bertz CT molecular complexity index is 9860. The summed E-state index contributed by atoms with van der Waals surface area (Å²) in [6, 6.07) is 108. The van der Waals surface area contributed by atoms with Crippen molar-refractivity contribution in [3.05, 3.63) is 423 Å². The van der Waals surface area contributed by atoms with Gasteiger partial charge in [0.25, 0.3) is 10.8 Å². The first-order chi connectivity index (χ1) is 72.8. The molecule has 16 aromatic heterocycles. The highest BCUT2D eigenvalue weighted by molar-refractivity contribution is 7.12. The molecule has 0 bridgehead atoms. The van der Waals surface area contributed by atoms with E-state index in [9.17, 15) is 0 Å². The number of hydrogen-bond donors (Lipinski definition) is 0. The number of hydrogen-bond acceptors (Lipinski definition) is 11. The van der Waals surface area contributed by atoms with Crippen molar-refractivity contribution in [1.29, 1.82) is 0 Å². The largest absolute Gasteiger partial charge is 0.454 e. The highest BCUT2D eigenvalue weighted by Gasteiger charge is 2.31. The number of pyridine rings is 8. The van der Waals surface area contributed by atoms with E-state index in [-0.39, 0.29) is 0 Å². The molecule has 0 aliphatic rings. The Labute approximate surface area is 860 Å². The van der Waals surface area contributed by atoms with E-state index >= 15 is 0 Å². The van der Waals surface area contributed by atoms with Crippen LogP contribution in [0.5, 0.6) is 0 Å². The molecule has 30 rings (SSSR count). The zero-order valence-corrected chi connectivity index (χ0v) is 85.5. The maximum absolute atomic E-state index is 6.48. The van der Waals surface area contributed by atoms with Gasteiger partial charge >= 0.3 is 0 Å². The first-order valence-corrected chi connectivity index (χ1v) is 50.9. The van der Waals surface area contributed by atoms with Crippen LogP contribution < -0.4 is 27.4 Å². The second kappa shape index (κ2) is 37.3. The molecule has 0 fully saturated rings. The Morgan fingerprint density at radius 3 is 1.05 bits per heavy atom. The molecule has 0 atom stereocenters. The van der Waals surface area contributed by atoms with E-state index in [2.05, 4.69) is 432 Å². The standard InChI is InChI=1S/C22H19N2O.4C22H17N2O.C21H16NOS/c1-14-8-10-18-17-11-9-15-6-4-5-7-16(15)20(17)25-21(18)19(14)22-23(2)12-13-24(22)3;1-14-8-10-16-17-11-9-15-6-5-12-23-20(15)22(17)25-21(16)19(14)18-7-3-4-13-24(18)2;1-14-20(19-9-5-6-12-24(19)2)22-18(13-23-14)17-11-10-15-7-3-4-8-16(15)21(17)25-22;1-14-13-23-20-17-11-10-15-7-3-4-8-16(15)21(17)25-22(20)19(14)18-9-5-6-12-24(18)2;1-14-6-8-17-16-9-7-15-10-11-23-13-18(15)21(16)25-22(17)20(14)19-5-3-4-12-24(19)2;1-13-7-9-17-16-10-8-14-5-3-4-6-15(14)19(16)23-20(17)18(13)21-22(2)11-12-24-21/h4-13H,1-3H3;4*3-13H,1-2H3;3-12H,1-2H3/q6*+1. The Morgan fingerprint density at radius 2 is 0.584 bits per heavy atom. The predicted molar refractivity (Wildman–Crippen MR) is 603 cm³/mol. The van der Waals surface area contributed by atoms with Gasteiger partial charge in [0.2, 0.25) is 22.8 Å². The van der Waals surface area contributed by atoms with Gasteiger partial charge in [-0.1, -0.05) is 199 Å². The quantitative estimate of drug-likeness (QED) is 0.147. The summed E-state index contributed by atoms with van der Waals surface area (Å²) in [4.78, 5) is 18.2. The minimum Gasteiger partial charge on any atom is -0.454 e. The third kappa shape index (κ3) is 15.7. The zero-order valence-electron chi connectivity index (χ0n) is 84.7. The topological polar surface area (TPSA) is 159 Å². The van der Waals surface area contributed by atoms with Crippen LogP contribution in [0.3, 0.4) is 0 Å². The fourth-order valence-corrected chi connectivity index (χ4v) is 22.9. The van der Waals surface area contributed by atoms with Gasteiger partial charge < -0.3 is 26.5 Å². The van der Waals surface area contributed by atoms with Gasteiger partial charge in [0, 0.05) is 171 Å². The molecule has 18 heteroatoms. The van der Waals surface area contributed by atoms with Gasteiger partial charge in [-0.15, -0.1) is 0 Å². The highest BCUT2D eigenvalue weighted by atomic mass is 32.1. The molecule has 0 aliphatic carbocycles. The van der Waals surface area contributed by atoms with Crippen molar-refractivity contribution in [2.45, 2.75) is 41.5 Å². The maximum Gasteiger partial charge on any atom is 0.292 e. The molecule has 0 unspecified atom stereocenters. The van der Waals surface area contributed by atoms with E-state index in [4.69, 9.17) is 26.5 Å². The first kappa shape index (κ1) is 91.7. The summed E-state index contributed by atoms with van der Waals surface area (Å²) in [6.07, 6.45) is 23.9. The maximum atomic E-state index is 6.48. The van der Waals surface area contributed by atoms with Crippen LogP contribution in [0.4, 0.5) is 0 Å². The van der Waals surface area contributed by atoms with Crippen molar-refractivity contribution in [2.24, 2.45) is 49.3 Å². The van der Waals surface area contributed by atoms with Crippen molar-refractivity contribution in [3.63, 3.8) is 0 Å². The molecule has 0 N–H and O–H groups in total. The average molecular weight is 1960 g/mol. The van der Waals surface area contributed by atoms with Gasteiger partial charge in [-0.25, -0.2) is 27.4 Å². The highest BCUT2D eigenvalue weighted by Crippen LogP contribution is 2.48. The molecule has 30 aromatic rings. The zero-order chi connectivity index (χ0) is 101. The fraction of sp³-hybridized carbons (Fsp3) is 0.0992. The van der Waals surface area contributed by atoms with Crippen LogP contribution >= 0.6 is 11.3 Å². The van der Waals surface area contributed by atoms with Crippen molar-refractivity contribution in [3.8, 4) is 67.0 Å². The van der Waals surface area contributed by atoms with Crippen LogP contribution in [0, 0.1) is 41.5 Å². The molecule has 718 valence electrons. The summed E-state index contributed by atoms with van der Waals surface area (Å²) in [5.41, 5.74) is 31.2. The summed E-state index contributed by atoms with van der Waals surface area (Å²) in [5.74, 6) is 1.14. The summed E-state index contributed by atoms with van der Waals surface area (Å²) < 4.78 is 53.6. The van der Waals surface area contributed by atoms with Gasteiger partial charge in [-0.3, -0.25) is 19.9 Å². The average Bonchev–Trinajstić information content (AvgIpc) is 1.62. The number of imidazole rings is 1. The van der Waals surface area contributed by atoms with E-state index in [1.807, 2.05) is 99.7 Å². The molecule has 149 heavy (non-hydrogen) atoms. The van der Waals surface area contributed by atoms with Gasteiger partial charge in [-0.2, -0.15) is 4.57 Å². The lowest BCUT2D eigenvalue weighted by Gasteiger charge is -2.04. The number of benzene rings is 14. The molecular weight excluding hydrogens is 1860 g/mol. The van der Waals surface area contributed by atoms with Gasteiger partial charge in [0.15, 0.2) is 58.9 Å². The SMILES string of the molecule is Cc1ccc2c(oc3c2ccc2cccnc23)c1-c1cccc[n+]1C.Cc1ccc2c(oc3c4ccccc4ccc23)c1-c1n(C)cc[n+]1C.Cc1ccc2c(oc3c4ccccc4ccc23)c1-c1scc[n+]1C.Cc1ccc2c(oc3c4cnccc4ccc23)c1-c1cccc[n+]1C.Cc1cnc2c(oc3c4ccccc4ccc23)c1-c1cccc[n+]1C.Cc1ncc2c(oc3c4ccccc4ccc23)c1-c1cccc[n+]1C. The Hall–Kier alpha value is -18.5. The molecule has 0 saturated carbocycles. The second-order valence-electron chi connectivity index (χ2n) is 38.8. The van der Waals surface area contributed by atoms with Crippen molar-refractivity contribution >= 4 is 208 Å². The number of aryl methyl sites for hydroxylation is 13. The van der Waals surface area contributed by atoms with Gasteiger partial charge in [-0.05, 0) is 169 Å². The minimum atomic E-state index is 0.855. The van der Waals surface area contributed by atoms with Crippen LogP contribution in [0.2, 0.25) is 0 Å². The Kier molecular flexibility index (Phi) is 22.9. The minimum absolute atomic E-state index is 0.855. The molecule has 0 aliphatic heterocycles. The van der Waals surface area contributed by atoms with Crippen LogP contribution in [0.25, 0.3) is 264 Å². The third-order valence-corrected chi connectivity index (χ3v) is 30.5. The van der Waals surface area contributed by atoms with Gasteiger partial charge in [0.1, 0.15) is 114 Å². The molecule has 0 radical (unpaired) electrons. The molecule has 0 spiro atoms. The summed E-state index contributed by atoms with van der Waals surface area (Å²) in [5, 5.41) is 28.5. The van der Waals surface area contributed by atoms with E-state index < -0.39 is 0 Å². The number of nitrogens with zero attached hydrogens (tertiary/aromatic N) is 11. The molecule has 14 aromatic carbocycles. The lowest BCUT2D eigenvalue weighted by Crippen LogP contribution is -2.30. The molecular formula is C131H103N11O6S+6. The number of thiazole rings is 1. The van der Waals surface area contributed by atoms with Crippen molar-refractivity contribution in [2.75, 3.05) is 0 Å². The number of aromatic nitrogens is 11. The van der Waals surface area contributed by atoms with Crippen LogP contribution in [0.15, 0.2) is 416 Å². The molecule has 17 nitrogen and oxygen atoms in total. The van der Waals surface area contributed by atoms with E-state index in [0.29, 0.717) is 0 Å². The Balaban J connectivity index is 0.0000000927. The molecule has 0 amide bonds. The Morgan fingerprint density at radius 1 is 0.228 bits per heavy atom. The number of furan rings is 6. The van der Waals surface area contributed by atoms with Crippen LogP contribution in [-0.2, 0) is 49.3 Å². The molecule has 16 heterocycles. The van der Waals surface area contributed by atoms with E-state index in [1.54, 1.807) is 11.3 Å². The van der Waals surface area contributed by atoms with Crippen LogP contribution in [-0.4, -0.2) is 24.5 Å². The summed E-state index contributed by atoms with van der Waals surface area (Å²) in [6.45, 7) is 12.7. The van der Waals surface area contributed by atoms with Crippen LogP contribution in [0.1, 0.15) is 33.5 Å². The van der Waals surface area contributed by atoms with Crippen molar-refractivity contribution in [1.82, 2.24) is 24.5 Å². The second-order valence-corrected chi connectivity index (χ2v) is 39.7. The lowest BCUT2D eigenvalue weighted by atomic mass is 10.00. The van der Waals surface area contributed by atoms with E-state index in [1.165, 1.54) is 81.3 Å². The summed E-state index contributed by atoms with van der Waals surface area (Å²) >= 11 is 1.75. The number of rotatable bonds is 6. The predicted octanol–water partition coefficient (Wildman–Crippen LogP) is 30.2. The first-order valence-electron chi connectivity index (χ1n) is 50.0. The smallest absolute Gasteiger partial charge is 0.292 e. The monoisotopic (exact) mass is 1960 g/mol. The summed E-state index contributed by atoms with van der Waals surface area (Å²) in [7, 11) is 14.5. The molecule has 0 saturated heterocycles. The lowest BCUT2D eigenvalue weighted by molar-refractivity contribution is -0.660.